The van der Waals surface area contributed by atoms with Crippen LogP contribution in [0.15, 0.2) is 59.5 Å². The second-order valence-electron chi connectivity index (χ2n) is 6.53. The van der Waals surface area contributed by atoms with Crippen molar-refractivity contribution < 1.29 is 8.42 Å². The van der Waals surface area contributed by atoms with Crippen LogP contribution in [0.25, 0.3) is 10.8 Å². The summed E-state index contributed by atoms with van der Waals surface area (Å²) in [6, 6.07) is 16.5. The molecule has 0 unspecified atom stereocenters. The third kappa shape index (κ3) is 2.86. The van der Waals surface area contributed by atoms with Crippen LogP contribution in [-0.4, -0.2) is 15.0 Å². The van der Waals surface area contributed by atoms with Crippen molar-refractivity contribution in [3.8, 4) is 0 Å². The zero-order valence-electron chi connectivity index (χ0n) is 14.4. The van der Waals surface area contributed by atoms with Gasteiger partial charge in [-0.3, -0.25) is 0 Å². The van der Waals surface area contributed by atoms with Gasteiger partial charge < -0.3 is 5.32 Å². The third-order valence-corrected chi connectivity index (χ3v) is 7.16. The number of benzene rings is 3. The van der Waals surface area contributed by atoms with Gasteiger partial charge in [0.25, 0.3) is 10.0 Å². The molecule has 1 heterocycles. The summed E-state index contributed by atoms with van der Waals surface area (Å²) < 4.78 is 27.3. The van der Waals surface area contributed by atoms with Gasteiger partial charge in [0.05, 0.1) is 10.6 Å². The van der Waals surface area contributed by atoms with E-state index in [1.54, 1.807) is 12.1 Å². The molecule has 1 N–H and O–H groups in total. The van der Waals surface area contributed by atoms with Gasteiger partial charge >= 0.3 is 0 Å². The van der Waals surface area contributed by atoms with Crippen LogP contribution in [-0.2, 0) is 23.0 Å². The lowest BCUT2D eigenvalue weighted by atomic mass is 10.0. The Morgan fingerprint density at radius 3 is 2.58 bits per heavy atom. The molecular weight excluding hydrogens is 368 g/mol. The molecule has 0 saturated carbocycles. The fourth-order valence-corrected chi connectivity index (χ4v) is 5.03. The number of fused-ring (bicyclic) bond motifs is 2. The summed E-state index contributed by atoms with van der Waals surface area (Å²) in [5, 5.41) is 4.90. The highest BCUT2D eigenvalue weighted by atomic mass is 35.5. The zero-order valence-corrected chi connectivity index (χ0v) is 15.9. The van der Waals surface area contributed by atoms with Crippen LogP contribution < -0.4 is 9.14 Å². The first-order chi connectivity index (χ1) is 12.5. The molecule has 0 saturated heterocycles. The maximum atomic E-state index is 13.2. The quantitative estimate of drug-likeness (QED) is 0.688. The van der Waals surface area contributed by atoms with E-state index in [9.17, 15) is 8.42 Å². The van der Waals surface area contributed by atoms with E-state index < -0.39 is 10.0 Å². The number of hydrogen-bond donors (Lipinski definition) is 1. The molecule has 134 valence electrons. The highest BCUT2D eigenvalue weighted by molar-refractivity contribution is 7.94. The van der Waals surface area contributed by atoms with Crippen molar-refractivity contribution in [2.75, 3.05) is 10.4 Å². The van der Waals surface area contributed by atoms with Crippen molar-refractivity contribution in [2.24, 2.45) is 0 Å². The summed E-state index contributed by atoms with van der Waals surface area (Å²) >= 11 is 6.34. The molecule has 4 rings (SSSR count). The molecular formula is C20H19ClN2O2S. The third-order valence-electron chi connectivity index (χ3n) is 4.87. The van der Waals surface area contributed by atoms with E-state index in [1.807, 2.05) is 49.4 Å². The lowest BCUT2D eigenvalue weighted by molar-refractivity contribution is 0.598. The fourth-order valence-electron chi connectivity index (χ4n) is 3.45. The van der Waals surface area contributed by atoms with Crippen LogP contribution in [0.3, 0.4) is 0 Å². The van der Waals surface area contributed by atoms with E-state index in [0.29, 0.717) is 11.1 Å². The summed E-state index contributed by atoms with van der Waals surface area (Å²) in [4.78, 5) is 0.216. The van der Waals surface area contributed by atoms with Crippen LogP contribution in [0.1, 0.15) is 16.7 Å². The van der Waals surface area contributed by atoms with Crippen molar-refractivity contribution in [1.29, 1.82) is 0 Å². The van der Waals surface area contributed by atoms with E-state index in [4.69, 9.17) is 11.8 Å². The molecule has 3 aromatic carbocycles. The van der Waals surface area contributed by atoms with Gasteiger partial charge in [-0.2, -0.15) is 12.2 Å². The van der Waals surface area contributed by atoms with Gasteiger partial charge in [-0.1, -0.05) is 36.4 Å². The normalized spacial score (nSPS) is 14.2. The summed E-state index contributed by atoms with van der Waals surface area (Å²) in [5.41, 5.74) is 3.82. The topological polar surface area (TPSA) is 49.4 Å². The zero-order chi connectivity index (χ0) is 18.3. The number of sulfonamides is 1. The van der Waals surface area contributed by atoms with E-state index >= 15 is 0 Å². The number of hydrogen-bond acceptors (Lipinski definition) is 3. The van der Waals surface area contributed by atoms with Gasteiger partial charge in [-0.15, -0.1) is 0 Å². The Bertz CT molecular complexity index is 1100. The van der Waals surface area contributed by atoms with Crippen LogP contribution >= 0.6 is 11.8 Å². The number of anilines is 1. The van der Waals surface area contributed by atoms with Crippen LogP contribution in [0.2, 0.25) is 0 Å². The Labute approximate surface area is 158 Å². The predicted molar refractivity (Wildman–Crippen MR) is 106 cm³/mol. The number of aryl methyl sites for hydroxylation is 1. The first-order valence-corrected chi connectivity index (χ1v) is 10.3. The molecule has 0 spiro atoms. The average Bonchev–Trinajstić information content (AvgIpc) is 2.67. The van der Waals surface area contributed by atoms with Crippen molar-refractivity contribution >= 4 is 38.3 Å². The predicted octanol–water partition coefficient (Wildman–Crippen LogP) is 4.14. The fraction of sp³-hybridized carbons (Fsp3) is 0.200. The molecule has 0 atom stereocenters. The van der Waals surface area contributed by atoms with Crippen LogP contribution in [0, 0.1) is 6.92 Å². The number of rotatable bonds is 3. The number of nitrogens with zero attached hydrogens (tertiary/aromatic N) is 1. The van der Waals surface area contributed by atoms with Gasteiger partial charge in [0.2, 0.25) is 0 Å². The van der Waals surface area contributed by atoms with E-state index in [1.165, 1.54) is 5.56 Å². The highest BCUT2D eigenvalue weighted by Crippen LogP contribution is 2.33. The highest BCUT2D eigenvalue weighted by Gasteiger charge is 2.26. The summed E-state index contributed by atoms with van der Waals surface area (Å²) in [5.74, 6) is 0. The molecule has 0 fully saturated rings. The first-order valence-electron chi connectivity index (χ1n) is 8.50. The van der Waals surface area contributed by atoms with Gasteiger partial charge in [-0.05, 0) is 60.2 Å². The molecule has 1 aliphatic rings. The molecule has 0 aliphatic carbocycles. The first kappa shape index (κ1) is 17.3. The molecule has 6 heteroatoms. The van der Waals surface area contributed by atoms with Crippen molar-refractivity contribution in [3.05, 3.63) is 71.3 Å². The molecule has 0 aromatic heterocycles. The number of halogens is 1. The summed E-state index contributed by atoms with van der Waals surface area (Å²) in [6.45, 7) is 3.65. The molecule has 1 aliphatic heterocycles. The van der Waals surface area contributed by atoms with Crippen molar-refractivity contribution in [2.45, 2.75) is 24.8 Å². The molecule has 26 heavy (non-hydrogen) atoms. The van der Waals surface area contributed by atoms with Gasteiger partial charge in [0.15, 0.2) is 0 Å². The van der Waals surface area contributed by atoms with E-state index in [0.717, 1.165) is 39.8 Å². The average molecular weight is 387 g/mol. The smallest absolute Gasteiger partial charge is 0.278 e. The maximum Gasteiger partial charge on any atom is 0.278 e. The van der Waals surface area contributed by atoms with E-state index in [-0.39, 0.29) is 4.90 Å². The molecule has 0 bridgehead atoms. The Morgan fingerprint density at radius 2 is 1.77 bits per heavy atom. The minimum atomic E-state index is -3.88. The lowest BCUT2D eigenvalue weighted by Gasteiger charge is -2.22. The Kier molecular flexibility index (Phi) is 4.39. The second kappa shape index (κ2) is 6.58. The minimum absolute atomic E-state index is 0.216. The lowest BCUT2D eigenvalue weighted by Crippen LogP contribution is -2.25. The maximum absolute atomic E-state index is 13.2. The Balaban J connectivity index is 1.81. The van der Waals surface area contributed by atoms with E-state index in [2.05, 4.69) is 5.32 Å². The van der Waals surface area contributed by atoms with Crippen molar-refractivity contribution in [1.82, 2.24) is 5.32 Å². The summed E-state index contributed by atoms with van der Waals surface area (Å²) in [6.07, 6.45) is 0.863. The van der Waals surface area contributed by atoms with Gasteiger partial charge in [0, 0.05) is 23.7 Å². The van der Waals surface area contributed by atoms with Gasteiger partial charge in [0.1, 0.15) is 0 Å². The minimum Gasteiger partial charge on any atom is -0.312 e. The molecule has 3 aromatic rings. The van der Waals surface area contributed by atoms with Crippen molar-refractivity contribution in [3.63, 3.8) is 0 Å². The monoisotopic (exact) mass is 386 g/mol. The molecule has 0 radical (unpaired) electrons. The summed E-state index contributed by atoms with van der Waals surface area (Å²) in [7, 11) is -3.88. The number of nitrogens with one attached hydrogen (secondary N) is 1. The SMILES string of the molecule is Cc1ccc(S(=O)(=O)N(Cl)c2ccc3c(c2)CCNC3)c2ccccc12. The molecule has 4 nitrogen and oxygen atoms in total. The standard InChI is InChI=1S/C20H19ClN2O2S/c1-14-6-9-20(19-5-3-2-4-18(14)19)26(24,25)23(21)17-8-7-16-13-22-11-10-15(16)12-17/h2-9,12,22H,10-11,13H2,1H3. The Morgan fingerprint density at radius 1 is 1.00 bits per heavy atom. The van der Waals surface area contributed by atoms with Gasteiger partial charge in [-0.25, -0.2) is 0 Å². The second-order valence-corrected chi connectivity index (χ2v) is 8.82. The molecule has 0 amide bonds. The Hall–Kier alpha value is -2.08. The van der Waals surface area contributed by atoms with Crippen LogP contribution in [0.5, 0.6) is 0 Å². The largest absolute Gasteiger partial charge is 0.312 e. The van der Waals surface area contributed by atoms with Crippen LogP contribution in [0.4, 0.5) is 5.69 Å².